The number of aliphatic carboxylic acids is 2. The summed E-state index contributed by atoms with van der Waals surface area (Å²) in [5.41, 5.74) is 0. The zero-order valence-corrected chi connectivity index (χ0v) is 15.4. The predicted octanol–water partition coefficient (Wildman–Crippen LogP) is 2.89. The number of carboxylic acid groups (broad SMARTS) is 2. The lowest BCUT2D eigenvalue weighted by Gasteiger charge is -2.26. The van der Waals surface area contributed by atoms with Crippen molar-refractivity contribution in [1.29, 1.82) is 0 Å². The Bertz CT molecular complexity index is 531. The summed E-state index contributed by atoms with van der Waals surface area (Å²) in [6.45, 7) is 7.29. The SMILES string of the molecule is CCOc1cccc(OCCCCN2CCCCC2)c1.O=C(O)C(=O)O. The molecule has 1 aromatic carbocycles. The van der Waals surface area contributed by atoms with E-state index >= 15 is 0 Å². The predicted molar refractivity (Wildman–Crippen MR) is 97.9 cm³/mol. The van der Waals surface area contributed by atoms with Gasteiger partial charge in [0.25, 0.3) is 0 Å². The van der Waals surface area contributed by atoms with Crippen molar-refractivity contribution >= 4 is 11.9 Å². The van der Waals surface area contributed by atoms with E-state index in [1.54, 1.807) is 0 Å². The topological polar surface area (TPSA) is 96.3 Å². The van der Waals surface area contributed by atoms with Gasteiger partial charge < -0.3 is 24.6 Å². The maximum atomic E-state index is 9.10. The highest BCUT2D eigenvalue weighted by atomic mass is 16.5. The van der Waals surface area contributed by atoms with Gasteiger partial charge in [0.2, 0.25) is 0 Å². The summed E-state index contributed by atoms with van der Waals surface area (Å²) in [6, 6.07) is 7.90. The van der Waals surface area contributed by atoms with E-state index in [0.717, 1.165) is 24.5 Å². The standard InChI is InChI=1S/C17H27NO2.C2H2O4/c1-2-19-16-9-8-10-17(15-16)20-14-7-6-13-18-11-4-3-5-12-18;3-1(4)2(5)6/h8-10,15H,2-7,11-14H2,1H3;(H,3,4)(H,5,6). The highest BCUT2D eigenvalue weighted by molar-refractivity contribution is 6.27. The molecule has 1 saturated heterocycles. The second-order valence-corrected chi connectivity index (χ2v) is 5.98. The van der Waals surface area contributed by atoms with Crippen LogP contribution in [0.4, 0.5) is 0 Å². The molecular formula is C19H29NO6. The van der Waals surface area contributed by atoms with Gasteiger partial charge in [-0.25, -0.2) is 9.59 Å². The van der Waals surface area contributed by atoms with Crippen LogP contribution in [0.15, 0.2) is 24.3 Å². The molecule has 0 atom stereocenters. The number of benzene rings is 1. The Balaban J connectivity index is 0.000000487. The number of hydrogen-bond acceptors (Lipinski definition) is 5. The summed E-state index contributed by atoms with van der Waals surface area (Å²) in [5.74, 6) is -1.85. The molecule has 1 fully saturated rings. The minimum atomic E-state index is -1.82. The lowest BCUT2D eigenvalue weighted by Crippen LogP contribution is -2.30. The van der Waals surface area contributed by atoms with E-state index in [1.807, 2.05) is 31.2 Å². The van der Waals surface area contributed by atoms with Gasteiger partial charge in [-0.1, -0.05) is 12.5 Å². The van der Waals surface area contributed by atoms with E-state index in [9.17, 15) is 0 Å². The van der Waals surface area contributed by atoms with Gasteiger partial charge in [-0.15, -0.1) is 0 Å². The number of carbonyl (C=O) groups is 2. The van der Waals surface area contributed by atoms with Crippen molar-refractivity contribution in [3.8, 4) is 11.5 Å². The highest BCUT2D eigenvalue weighted by Gasteiger charge is 2.08. The zero-order chi connectivity index (χ0) is 19.2. The summed E-state index contributed by atoms with van der Waals surface area (Å²) in [6.07, 6.45) is 6.51. The average Bonchev–Trinajstić information content (AvgIpc) is 2.63. The van der Waals surface area contributed by atoms with E-state index in [2.05, 4.69) is 4.90 Å². The molecular weight excluding hydrogens is 338 g/mol. The molecule has 2 N–H and O–H groups in total. The molecule has 0 saturated carbocycles. The van der Waals surface area contributed by atoms with Crippen LogP contribution in [-0.4, -0.2) is 59.9 Å². The Morgan fingerprint density at radius 2 is 1.62 bits per heavy atom. The number of ether oxygens (including phenoxy) is 2. The van der Waals surface area contributed by atoms with E-state index in [1.165, 1.54) is 45.3 Å². The molecule has 7 heteroatoms. The third-order valence-corrected chi connectivity index (χ3v) is 3.89. The first kappa shape index (κ1) is 21.8. The molecule has 0 aliphatic carbocycles. The Morgan fingerprint density at radius 3 is 2.19 bits per heavy atom. The van der Waals surface area contributed by atoms with Crippen molar-refractivity contribution in [3.05, 3.63) is 24.3 Å². The monoisotopic (exact) mass is 367 g/mol. The Morgan fingerprint density at radius 1 is 1.00 bits per heavy atom. The van der Waals surface area contributed by atoms with Crippen LogP contribution in [0.1, 0.15) is 39.0 Å². The molecule has 1 heterocycles. The van der Waals surface area contributed by atoms with Crippen LogP contribution in [0.25, 0.3) is 0 Å². The second-order valence-electron chi connectivity index (χ2n) is 5.98. The number of rotatable bonds is 8. The minimum absolute atomic E-state index is 0.694. The van der Waals surface area contributed by atoms with Crippen LogP contribution in [0, 0.1) is 0 Å². The number of piperidine rings is 1. The molecule has 0 aromatic heterocycles. The van der Waals surface area contributed by atoms with Crippen LogP contribution in [0.5, 0.6) is 11.5 Å². The van der Waals surface area contributed by atoms with Crippen LogP contribution in [-0.2, 0) is 9.59 Å². The van der Waals surface area contributed by atoms with Gasteiger partial charge in [0.05, 0.1) is 13.2 Å². The minimum Gasteiger partial charge on any atom is -0.494 e. The fraction of sp³-hybridized carbons (Fsp3) is 0.579. The van der Waals surface area contributed by atoms with Gasteiger partial charge in [-0.2, -0.15) is 0 Å². The van der Waals surface area contributed by atoms with Crippen molar-refractivity contribution in [1.82, 2.24) is 4.90 Å². The maximum absolute atomic E-state index is 9.10. The normalized spacial score (nSPS) is 14.0. The number of unbranched alkanes of at least 4 members (excludes halogenated alkanes) is 1. The first-order chi connectivity index (χ1) is 12.5. The van der Waals surface area contributed by atoms with Crippen molar-refractivity contribution in [2.24, 2.45) is 0 Å². The average molecular weight is 367 g/mol. The summed E-state index contributed by atoms with van der Waals surface area (Å²) in [5, 5.41) is 14.8. The molecule has 1 aliphatic rings. The van der Waals surface area contributed by atoms with Crippen LogP contribution in [0.2, 0.25) is 0 Å². The second kappa shape index (κ2) is 13.0. The van der Waals surface area contributed by atoms with E-state index < -0.39 is 11.9 Å². The third kappa shape index (κ3) is 9.88. The highest BCUT2D eigenvalue weighted by Crippen LogP contribution is 2.19. The van der Waals surface area contributed by atoms with Gasteiger partial charge in [-0.3, -0.25) is 0 Å². The first-order valence-electron chi connectivity index (χ1n) is 9.07. The molecule has 2 rings (SSSR count). The van der Waals surface area contributed by atoms with Gasteiger partial charge in [0, 0.05) is 6.07 Å². The number of hydrogen-bond donors (Lipinski definition) is 2. The van der Waals surface area contributed by atoms with Gasteiger partial charge in [0.1, 0.15) is 11.5 Å². The van der Waals surface area contributed by atoms with E-state index in [0.29, 0.717) is 6.61 Å². The molecule has 0 bridgehead atoms. The van der Waals surface area contributed by atoms with E-state index in [-0.39, 0.29) is 0 Å². The maximum Gasteiger partial charge on any atom is 0.414 e. The van der Waals surface area contributed by atoms with Crippen molar-refractivity contribution in [3.63, 3.8) is 0 Å². The van der Waals surface area contributed by atoms with Crippen molar-refractivity contribution in [2.75, 3.05) is 32.8 Å². The number of carboxylic acids is 2. The summed E-state index contributed by atoms with van der Waals surface area (Å²) in [7, 11) is 0. The zero-order valence-electron chi connectivity index (χ0n) is 15.4. The van der Waals surface area contributed by atoms with Crippen molar-refractivity contribution < 1.29 is 29.3 Å². The number of likely N-dealkylation sites (tertiary alicyclic amines) is 1. The molecule has 1 aromatic rings. The van der Waals surface area contributed by atoms with Crippen LogP contribution in [0.3, 0.4) is 0 Å². The van der Waals surface area contributed by atoms with Gasteiger partial charge >= 0.3 is 11.9 Å². The van der Waals surface area contributed by atoms with Crippen LogP contribution < -0.4 is 9.47 Å². The Labute approximate surface area is 154 Å². The van der Waals surface area contributed by atoms with E-state index in [4.69, 9.17) is 29.3 Å². The Hall–Kier alpha value is -2.28. The third-order valence-electron chi connectivity index (χ3n) is 3.89. The number of nitrogens with zero attached hydrogens (tertiary/aromatic N) is 1. The van der Waals surface area contributed by atoms with Gasteiger partial charge in [-0.05, 0) is 64.4 Å². The summed E-state index contributed by atoms with van der Waals surface area (Å²) in [4.78, 5) is 20.8. The smallest absolute Gasteiger partial charge is 0.414 e. The summed E-state index contributed by atoms with van der Waals surface area (Å²) < 4.78 is 11.3. The molecule has 0 unspecified atom stereocenters. The first-order valence-corrected chi connectivity index (χ1v) is 9.07. The van der Waals surface area contributed by atoms with Gasteiger partial charge in [0.15, 0.2) is 0 Å². The van der Waals surface area contributed by atoms with Crippen molar-refractivity contribution in [2.45, 2.75) is 39.0 Å². The van der Waals surface area contributed by atoms with Crippen LogP contribution >= 0.6 is 0 Å². The largest absolute Gasteiger partial charge is 0.494 e. The molecule has 1 aliphatic heterocycles. The molecule has 0 amide bonds. The lowest BCUT2D eigenvalue weighted by molar-refractivity contribution is -0.159. The fourth-order valence-electron chi connectivity index (χ4n) is 2.63. The lowest BCUT2D eigenvalue weighted by atomic mass is 10.1. The molecule has 0 radical (unpaired) electrons. The molecule has 146 valence electrons. The quantitative estimate of drug-likeness (QED) is 0.539. The molecule has 26 heavy (non-hydrogen) atoms. The molecule has 0 spiro atoms. The Kier molecular flexibility index (Phi) is 10.9. The fourth-order valence-corrected chi connectivity index (χ4v) is 2.63. The summed E-state index contributed by atoms with van der Waals surface area (Å²) >= 11 is 0. The molecule has 7 nitrogen and oxygen atoms in total.